The van der Waals surface area contributed by atoms with Crippen molar-refractivity contribution in [3.63, 3.8) is 0 Å². The zero-order valence-electron chi connectivity index (χ0n) is 16.3. The maximum Gasteiger partial charge on any atom is 0.338 e. The fourth-order valence-electron chi connectivity index (χ4n) is 2.72. The van der Waals surface area contributed by atoms with E-state index in [0.29, 0.717) is 29.2 Å². The van der Waals surface area contributed by atoms with Gasteiger partial charge < -0.3 is 9.47 Å². The highest BCUT2D eigenvalue weighted by atomic mass is 32.2. The number of esters is 1. The monoisotopic (exact) mass is 403 g/mol. The first-order valence-corrected chi connectivity index (χ1v) is 10.4. The minimum atomic E-state index is -3.82. The lowest BCUT2D eigenvalue weighted by Gasteiger charge is -2.25. The van der Waals surface area contributed by atoms with Crippen molar-refractivity contribution in [2.75, 3.05) is 24.1 Å². The normalized spacial score (nSPS) is 11.0. The molecule has 0 aliphatic rings. The van der Waals surface area contributed by atoms with Crippen molar-refractivity contribution in [3.05, 3.63) is 66.2 Å². The highest BCUT2D eigenvalue weighted by molar-refractivity contribution is 7.92. The predicted octanol–water partition coefficient (Wildman–Crippen LogP) is 3.95. The quantitative estimate of drug-likeness (QED) is 0.468. The van der Waals surface area contributed by atoms with E-state index < -0.39 is 16.0 Å². The van der Waals surface area contributed by atoms with E-state index in [1.165, 1.54) is 22.5 Å². The second-order valence-corrected chi connectivity index (χ2v) is 7.81. The molecule has 0 heterocycles. The smallest absolute Gasteiger partial charge is 0.338 e. The molecule has 2 aromatic carbocycles. The van der Waals surface area contributed by atoms with Gasteiger partial charge in [0.2, 0.25) is 0 Å². The molecule has 0 spiro atoms. The van der Waals surface area contributed by atoms with E-state index in [1.807, 2.05) is 6.92 Å². The summed E-state index contributed by atoms with van der Waals surface area (Å²) in [5.74, 6) is 0.161. The predicted molar refractivity (Wildman–Crippen MR) is 109 cm³/mol. The number of hydrogen-bond donors (Lipinski definition) is 0. The van der Waals surface area contributed by atoms with Crippen LogP contribution in [0.1, 0.15) is 29.8 Å². The molecule has 0 atom stereocenters. The lowest BCUT2D eigenvalue weighted by atomic mass is 10.1. The van der Waals surface area contributed by atoms with Crippen molar-refractivity contribution < 1.29 is 22.7 Å². The fourth-order valence-corrected chi connectivity index (χ4v) is 4.22. The number of ether oxygens (including phenoxy) is 2. The molecule has 0 unspecified atom stereocenters. The minimum Gasteiger partial charge on any atom is -0.494 e. The molecule has 0 saturated carbocycles. The van der Waals surface area contributed by atoms with Gasteiger partial charge in [-0.15, -0.1) is 6.58 Å². The summed E-state index contributed by atoms with van der Waals surface area (Å²) in [6, 6.07) is 11.1. The van der Waals surface area contributed by atoms with Crippen molar-refractivity contribution >= 4 is 21.7 Å². The van der Waals surface area contributed by atoms with Gasteiger partial charge in [-0.1, -0.05) is 6.08 Å². The molecule has 2 aromatic rings. The molecule has 150 valence electrons. The van der Waals surface area contributed by atoms with Crippen LogP contribution in [0.25, 0.3) is 0 Å². The van der Waals surface area contributed by atoms with E-state index in [2.05, 4.69) is 6.58 Å². The first-order chi connectivity index (χ1) is 13.3. The summed E-state index contributed by atoms with van der Waals surface area (Å²) in [7, 11) is -3.82. The van der Waals surface area contributed by atoms with Gasteiger partial charge in [0.25, 0.3) is 10.0 Å². The van der Waals surface area contributed by atoms with Crippen molar-refractivity contribution in [1.82, 2.24) is 0 Å². The van der Waals surface area contributed by atoms with Crippen LogP contribution in [0.5, 0.6) is 5.75 Å². The largest absolute Gasteiger partial charge is 0.494 e. The summed E-state index contributed by atoms with van der Waals surface area (Å²) in [6.07, 6.45) is 1.52. The Balaban J connectivity index is 2.43. The number of aryl methyl sites for hydroxylation is 1. The highest BCUT2D eigenvalue weighted by Crippen LogP contribution is 2.28. The molecule has 0 saturated heterocycles. The molecule has 0 aromatic heterocycles. The molecule has 0 aliphatic heterocycles. The molecule has 0 aliphatic carbocycles. The summed E-state index contributed by atoms with van der Waals surface area (Å²) in [5, 5.41) is 0. The van der Waals surface area contributed by atoms with Crippen LogP contribution >= 0.6 is 0 Å². The third-order valence-corrected chi connectivity index (χ3v) is 5.79. The summed E-state index contributed by atoms with van der Waals surface area (Å²) in [6.45, 7) is 9.88. The van der Waals surface area contributed by atoms with E-state index in [0.717, 1.165) is 0 Å². The second kappa shape index (κ2) is 9.41. The van der Waals surface area contributed by atoms with Gasteiger partial charge in [-0.2, -0.15) is 0 Å². The molecule has 7 heteroatoms. The van der Waals surface area contributed by atoms with Gasteiger partial charge >= 0.3 is 5.97 Å². The summed E-state index contributed by atoms with van der Waals surface area (Å²) in [4.78, 5) is 12.1. The topological polar surface area (TPSA) is 72.9 Å². The van der Waals surface area contributed by atoms with Crippen molar-refractivity contribution in [3.8, 4) is 5.75 Å². The van der Waals surface area contributed by atoms with Crippen LogP contribution in [0.3, 0.4) is 0 Å². The maximum absolute atomic E-state index is 13.2. The van der Waals surface area contributed by atoms with Gasteiger partial charge in [-0.05, 0) is 68.8 Å². The zero-order valence-corrected chi connectivity index (χ0v) is 17.2. The molecule has 0 radical (unpaired) electrons. The van der Waals surface area contributed by atoms with Gasteiger partial charge in [0.05, 0.1) is 35.9 Å². The van der Waals surface area contributed by atoms with Crippen molar-refractivity contribution in [2.24, 2.45) is 0 Å². The number of benzene rings is 2. The Hall–Kier alpha value is -2.80. The molecule has 6 nitrogen and oxygen atoms in total. The number of carbonyl (C=O) groups excluding carboxylic acids is 1. The van der Waals surface area contributed by atoms with Crippen molar-refractivity contribution in [2.45, 2.75) is 25.7 Å². The van der Waals surface area contributed by atoms with E-state index in [4.69, 9.17) is 9.47 Å². The Morgan fingerprint density at radius 1 is 1.11 bits per heavy atom. The summed E-state index contributed by atoms with van der Waals surface area (Å²) in [5.41, 5.74) is 1.49. The Kier molecular flexibility index (Phi) is 7.23. The molecule has 2 rings (SSSR count). The van der Waals surface area contributed by atoms with Crippen LogP contribution in [0.4, 0.5) is 5.69 Å². The van der Waals surface area contributed by atoms with Gasteiger partial charge in [-0.25, -0.2) is 13.2 Å². The maximum atomic E-state index is 13.2. The van der Waals surface area contributed by atoms with Crippen LogP contribution in [-0.2, 0) is 14.8 Å². The highest BCUT2D eigenvalue weighted by Gasteiger charge is 2.25. The van der Waals surface area contributed by atoms with Crippen molar-refractivity contribution in [1.29, 1.82) is 0 Å². The number of hydrogen-bond acceptors (Lipinski definition) is 5. The third kappa shape index (κ3) is 4.72. The fraction of sp³-hybridized carbons (Fsp3) is 0.286. The number of anilines is 1. The molecule has 0 fully saturated rings. The molecule has 0 N–H and O–H groups in total. The van der Waals surface area contributed by atoms with Crippen LogP contribution < -0.4 is 9.04 Å². The Morgan fingerprint density at radius 2 is 1.79 bits per heavy atom. The van der Waals surface area contributed by atoms with Crippen LogP contribution in [0.2, 0.25) is 0 Å². The second-order valence-electron chi connectivity index (χ2n) is 5.95. The average molecular weight is 404 g/mol. The van der Waals surface area contributed by atoms with Gasteiger partial charge in [0.1, 0.15) is 5.75 Å². The molecule has 0 amide bonds. The number of rotatable bonds is 9. The average Bonchev–Trinajstić information content (AvgIpc) is 2.67. The third-order valence-electron chi connectivity index (χ3n) is 3.99. The number of carbonyl (C=O) groups is 1. The van der Waals surface area contributed by atoms with Gasteiger partial charge in [-0.3, -0.25) is 4.31 Å². The van der Waals surface area contributed by atoms with E-state index in [9.17, 15) is 13.2 Å². The van der Waals surface area contributed by atoms with E-state index in [1.54, 1.807) is 44.2 Å². The summed E-state index contributed by atoms with van der Waals surface area (Å²) < 4.78 is 38.1. The summed E-state index contributed by atoms with van der Waals surface area (Å²) >= 11 is 0. The Bertz CT molecular complexity index is 936. The number of sulfonamides is 1. The van der Waals surface area contributed by atoms with Crippen LogP contribution in [0, 0.1) is 6.92 Å². The minimum absolute atomic E-state index is 0.0924. The standard InChI is InChI=1S/C21H25NO5S/c1-5-14-22(20-13-8-17(15-16(20)4)21(23)27-7-3)28(24,25)19-11-9-18(10-12-19)26-6-2/h5,8-13,15H,1,6-7,14H2,2-4H3. The zero-order chi connectivity index (χ0) is 20.7. The molecule has 28 heavy (non-hydrogen) atoms. The first kappa shape index (κ1) is 21.5. The van der Waals surface area contributed by atoms with E-state index in [-0.39, 0.29) is 18.0 Å². The first-order valence-electron chi connectivity index (χ1n) is 8.99. The van der Waals surface area contributed by atoms with E-state index >= 15 is 0 Å². The van der Waals surface area contributed by atoms with Gasteiger partial charge in [0.15, 0.2) is 0 Å². The van der Waals surface area contributed by atoms with Crippen LogP contribution in [0.15, 0.2) is 60.0 Å². The Labute approximate surface area is 166 Å². The molecule has 0 bridgehead atoms. The van der Waals surface area contributed by atoms with Crippen LogP contribution in [-0.4, -0.2) is 34.1 Å². The molecular weight excluding hydrogens is 378 g/mol. The lowest BCUT2D eigenvalue weighted by Crippen LogP contribution is -2.31. The Morgan fingerprint density at radius 3 is 2.32 bits per heavy atom. The van der Waals surface area contributed by atoms with Gasteiger partial charge in [0, 0.05) is 0 Å². The molecular formula is C21H25NO5S. The lowest BCUT2D eigenvalue weighted by molar-refractivity contribution is 0.0526. The number of nitrogens with zero attached hydrogens (tertiary/aromatic N) is 1. The SMILES string of the molecule is C=CCN(c1ccc(C(=O)OCC)cc1C)S(=O)(=O)c1ccc(OCC)cc1.